The van der Waals surface area contributed by atoms with E-state index in [1.165, 1.54) is 0 Å². The van der Waals surface area contributed by atoms with E-state index < -0.39 is 11.9 Å². The van der Waals surface area contributed by atoms with E-state index in [1.54, 1.807) is 12.1 Å². The summed E-state index contributed by atoms with van der Waals surface area (Å²) in [5.74, 6) is 0.266. The maximum atomic E-state index is 11.5. The van der Waals surface area contributed by atoms with Gasteiger partial charge in [-0.15, -0.1) is 0 Å². The Labute approximate surface area is 119 Å². The molecule has 1 fully saturated rings. The molecule has 0 aromatic heterocycles. The van der Waals surface area contributed by atoms with E-state index in [-0.39, 0.29) is 11.8 Å². The van der Waals surface area contributed by atoms with Gasteiger partial charge in [-0.25, -0.2) is 4.79 Å². The fourth-order valence-electron chi connectivity index (χ4n) is 1.62. The predicted octanol–water partition coefficient (Wildman–Crippen LogP) is 2.42. The van der Waals surface area contributed by atoms with E-state index in [0.717, 1.165) is 10.0 Å². The maximum absolute atomic E-state index is 11.5. The van der Waals surface area contributed by atoms with Gasteiger partial charge in [-0.2, -0.15) is 0 Å². The smallest absolute Gasteiger partial charge is 0.326 e. The first-order valence-electron chi connectivity index (χ1n) is 5.76. The number of ether oxygens (including phenoxy) is 1. The Bertz CT molecular complexity index is 567. The summed E-state index contributed by atoms with van der Waals surface area (Å²) in [5.41, 5.74) is 0.970. The van der Waals surface area contributed by atoms with Gasteiger partial charge in [-0.3, -0.25) is 10.1 Å². The zero-order valence-corrected chi connectivity index (χ0v) is 12.1. The van der Waals surface area contributed by atoms with Gasteiger partial charge in [0.25, 0.3) is 5.91 Å². The van der Waals surface area contributed by atoms with Crippen molar-refractivity contribution in [1.29, 1.82) is 0 Å². The SMILES string of the molecule is CC(C)Oc1ccc(Br)c(/C=C2/NC(=O)NC2=O)c1. The molecule has 1 saturated heterocycles. The summed E-state index contributed by atoms with van der Waals surface area (Å²) in [4.78, 5) is 22.5. The van der Waals surface area contributed by atoms with Crippen LogP contribution in [0.15, 0.2) is 28.4 Å². The molecule has 1 aliphatic rings. The van der Waals surface area contributed by atoms with Crippen molar-refractivity contribution >= 4 is 33.9 Å². The molecule has 6 heteroatoms. The van der Waals surface area contributed by atoms with Crippen LogP contribution in [0.4, 0.5) is 4.79 Å². The van der Waals surface area contributed by atoms with Crippen LogP contribution in [0.25, 0.3) is 6.08 Å². The largest absolute Gasteiger partial charge is 0.491 e. The maximum Gasteiger partial charge on any atom is 0.326 e. The van der Waals surface area contributed by atoms with Crippen LogP contribution in [0.3, 0.4) is 0 Å². The van der Waals surface area contributed by atoms with Gasteiger partial charge in [0.15, 0.2) is 0 Å². The third-order valence-corrected chi connectivity index (χ3v) is 3.08. The summed E-state index contributed by atoms with van der Waals surface area (Å²) in [7, 11) is 0. The molecule has 0 bridgehead atoms. The second-order valence-electron chi connectivity index (χ2n) is 4.32. The Morgan fingerprint density at radius 3 is 2.58 bits per heavy atom. The number of hydrogen-bond acceptors (Lipinski definition) is 3. The number of rotatable bonds is 3. The van der Waals surface area contributed by atoms with Crippen molar-refractivity contribution in [2.75, 3.05) is 0 Å². The average molecular weight is 325 g/mol. The molecule has 1 aromatic rings. The highest BCUT2D eigenvalue weighted by atomic mass is 79.9. The van der Waals surface area contributed by atoms with Gasteiger partial charge < -0.3 is 10.1 Å². The lowest BCUT2D eigenvalue weighted by atomic mass is 10.2. The van der Waals surface area contributed by atoms with Crippen LogP contribution >= 0.6 is 15.9 Å². The zero-order chi connectivity index (χ0) is 14.0. The Kier molecular flexibility index (Phi) is 3.90. The normalized spacial score (nSPS) is 16.7. The summed E-state index contributed by atoms with van der Waals surface area (Å²) in [6.07, 6.45) is 1.66. The van der Waals surface area contributed by atoms with Crippen molar-refractivity contribution in [3.8, 4) is 5.75 Å². The van der Waals surface area contributed by atoms with Gasteiger partial charge in [0.1, 0.15) is 11.4 Å². The molecule has 5 nitrogen and oxygen atoms in total. The molecular formula is C13H13BrN2O3. The number of nitrogens with one attached hydrogen (secondary N) is 2. The molecular weight excluding hydrogens is 312 g/mol. The number of hydrogen-bond donors (Lipinski definition) is 2. The Balaban J connectivity index is 2.31. The molecule has 0 saturated carbocycles. The molecule has 3 amide bonds. The van der Waals surface area contributed by atoms with Crippen molar-refractivity contribution in [1.82, 2.24) is 10.6 Å². The summed E-state index contributed by atoms with van der Waals surface area (Å²) < 4.78 is 6.39. The Morgan fingerprint density at radius 1 is 1.26 bits per heavy atom. The molecule has 1 aliphatic heterocycles. The molecule has 0 aliphatic carbocycles. The summed E-state index contributed by atoms with van der Waals surface area (Å²) in [5, 5.41) is 4.59. The van der Waals surface area contributed by atoms with Crippen molar-refractivity contribution in [2.45, 2.75) is 20.0 Å². The number of urea groups is 1. The second-order valence-corrected chi connectivity index (χ2v) is 5.17. The quantitative estimate of drug-likeness (QED) is 0.662. The highest BCUT2D eigenvalue weighted by Gasteiger charge is 2.23. The van der Waals surface area contributed by atoms with Crippen molar-refractivity contribution < 1.29 is 14.3 Å². The predicted molar refractivity (Wildman–Crippen MR) is 74.6 cm³/mol. The van der Waals surface area contributed by atoms with E-state index in [2.05, 4.69) is 26.6 Å². The minimum absolute atomic E-state index is 0.0659. The van der Waals surface area contributed by atoms with E-state index in [4.69, 9.17) is 4.74 Å². The van der Waals surface area contributed by atoms with Crippen LogP contribution in [-0.2, 0) is 4.79 Å². The van der Waals surface area contributed by atoms with Crippen LogP contribution in [0.2, 0.25) is 0 Å². The molecule has 0 radical (unpaired) electrons. The lowest BCUT2D eigenvalue weighted by molar-refractivity contribution is -0.115. The summed E-state index contributed by atoms with van der Waals surface area (Å²) >= 11 is 3.39. The van der Waals surface area contributed by atoms with Crippen molar-refractivity contribution in [3.63, 3.8) is 0 Å². The second kappa shape index (κ2) is 5.44. The topological polar surface area (TPSA) is 67.4 Å². The van der Waals surface area contributed by atoms with Crippen molar-refractivity contribution in [2.24, 2.45) is 0 Å². The minimum atomic E-state index is -0.512. The first kappa shape index (κ1) is 13.6. The number of imide groups is 1. The highest BCUT2D eigenvalue weighted by Crippen LogP contribution is 2.25. The van der Waals surface area contributed by atoms with E-state index in [1.807, 2.05) is 26.0 Å². The van der Waals surface area contributed by atoms with Crippen LogP contribution in [0, 0.1) is 0 Å². The van der Waals surface area contributed by atoms with Gasteiger partial charge in [0.2, 0.25) is 0 Å². The Morgan fingerprint density at radius 2 is 2.00 bits per heavy atom. The van der Waals surface area contributed by atoms with Crippen LogP contribution in [-0.4, -0.2) is 18.0 Å². The number of carbonyl (C=O) groups excluding carboxylic acids is 2. The number of carbonyl (C=O) groups is 2. The molecule has 19 heavy (non-hydrogen) atoms. The fraction of sp³-hybridized carbons (Fsp3) is 0.231. The van der Waals surface area contributed by atoms with Crippen LogP contribution in [0.5, 0.6) is 5.75 Å². The first-order chi connectivity index (χ1) is 8.95. The van der Waals surface area contributed by atoms with Crippen molar-refractivity contribution in [3.05, 3.63) is 33.9 Å². The summed E-state index contributed by atoms with van der Waals surface area (Å²) in [6.45, 7) is 3.87. The highest BCUT2D eigenvalue weighted by molar-refractivity contribution is 9.10. The average Bonchev–Trinajstić information content (AvgIpc) is 2.61. The molecule has 100 valence electrons. The number of benzene rings is 1. The first-order valence-corrected chi connectivity index (χ1v) is 6.55. The van der Waals surface area contributed by atoms with Crippen LogP contribution < -0.4 is 15.4 Å². The van der Waals surface area contributed by atoms with Crippen LogP contribution in [0.1, 0.15) is 19.4 Å². The van der Waals surface area contributed by atoms with Gasteiger partial charge in [-0.1, -0.05) is 15.9 Å². The van der Waals surface area contributed by atoms with E-state index in [0.29, 0.717) is 5.75 Å². The number of halogens is 1. The third-order valence-electron chi connectivity index (χ3n) is 2.36. The standard InChI is InChI=1S/C13H13BrN2O3/c1-7(2)19-9-3-4-10(14)8(5-9)6-11-12(17)16-13(18)15-11/h3-7H,1-2H3,(H2,15,16,17,18)/b11-6+. The molecule has 1 aromatic carbocycles. The van der Waals surface area contributed by atoms with Gasteiger partial charge in [0, 0.05) is 4.47 Å². The third kappa shape index (κ3) is 3.35. The fourth-order valence-corrected chi connectivity index (χ4v) is 1.98. The lowest BCUT2D eigenvalue weighted by Gasteiger charge is -2.11. The van der Waals surface area contributed by atoms with E-state index in [9.17, 15) is 9.59 Å². The lowest BCUT2D eigenvalue weighted by Crippen LogP contribution is -2.22. The number of amides is 3. The summed E-state index contributed by atoms with van der Waals surface area (Å²) in [6, 6.07) is 4.95. The molecule has 2 N–H and O–H groups in total. The molecule has 0 spiro atoms. The molecule has 0 unspecified atom stereocenters. The molecule has 0 atom stereocenters. The molecule has 2 rings (SSSR count). The van der Waals surface area contributed by atoms with Gasteiger partial charge in [0.05, 0.1) is 6.10 Å². The minimum Gasteiger partial charge on any atom is -0.491 e. The zero-order valence-electron chi connectivity index (χ0n) is 10.5. The van der Waals surface area contributed by atoms with Gasteiger partial charge >= 0.3 is 6.03 Å². The van der Waals surface area contributed by atoms with E-state index >= 15 is 0 Å². The van der Waals surface area contributed by atoms with Gasteiger partial charge in [-0.05, 0) is 43.7 Å². The monoisotopic (exact) mass is 324 g/mol. The Hall–Kier alpha value is -1.82. The molecule has 1 heterocycles.